The molecule has 0 unspecified atom stereocenters. The van der Waals surface area contributed by atoms with E-state index in [-0.39, 0.29) is 29.8 Å². The second-order valence-corrected chi connectivity index (χ2v) is 9.04. The van der Waals surface area contributed by atoms with Crippen LogP contribution in [0.5, 0.6) is 0 Å². The van der Waals surface area contributed by atoms with Crippen molar-refractivity contribution in [2.24, 2.45) is 0 Å². The first-order valence-electron chi connectivity index (χ1n) is 9.02. The Hall–Kier alpha value is -3.14. The van der Waals surface area contributed by atoms with Crippen LogP contribution in [0.3, 0.4) is 0 Å². The first-order chi connectivity index (χ1) is 13.9. The number of para-hydroxylation sites is 1. The van der Waals surface area contributed by atoms with E-state index in [1.54, 1.807) is 30.3 Å². The van der Waals surface area contributed by atoms with E-state index in [0.29, 0.717) is 17.7 Å². The van der Waals surface area contributed by atoms with Crippen molar-refractivity contribution in [1.29, 1.82) is 0 Å². The second-order valence-electron chi connectivity index (χ2n) is 6.81. The van der Waals surface area contributed by atoms with Crippen molar-refractivity contribution in [3.63, 3.8) is 0 Å². The van der Waals surface area contributed by atoms with Crippen molar-refractivity contribution in [2.45, 2.75) is 19.0 Å². The van der Waals surface area contributed by atoms with Gasteiger partial charge in [-0.1, -0.05) is 30.3 Å². The summed E-state index contributed by atoms with van der Waals surface area (Å²) in [4.78, 5) is 15.7. The Morgan fingerprint density at radius 2 is 1.97 bits per heavy atom. The summed E-state index contributed by atoms with van der Waals surface area (Å²) >= 11 is 0. The molecule has 3 aromatic rings. The van der Waals surface area contributed by atoms with E-state index in [1.165, 1.54) is 23.1 Å². The fourth-order valence-electron chi connectivity index (χ4n) is 3.38. The number of rotatable bonds is 5. The highest BCUT2D eigenvalue weighted by atomic mass is 32.2. The molecule has 1 amide bonds. The molecular formula is C19H18FN5O3S. The standard InChI is InChI=1S/C19H18FN5O3S/c20-15-6-4-5-14(11-15)19-21-23-24(22-19)12-18(26)25(16-7-2-1-3-8-16)17-9-10-29(27,28)13-17/h1-8,11,17H,9-10,12-13H2/t17-/m1/s1. The Bertz CT molecular complexity index is 1130. The number of amides is 1. The number of sulfone groups is 1. The van der Waals surface area contributed by atoms with E-state index in [0.717, 1.165) is 4.80 Å². The number of tetrazole rings is 1. The molecule has 2 aromatic carbocycles. The topological polar surface area (TPSA) is 98.1 Å². The van der Waals surface area contributed by atoms with Crippen molar-refractivity contribution in [2.75, 3.05) is 16.4 Å². The van der Waals surface area contributed by atoms with E-state index in [2.05, 4.69) is 15.4 Å². The van der Waals surface area contributed by atoms with Gasteiger partial charge in [0.25, 0.3) is 5.91 Å². The molecule has 2 heterocycles. The number of hydrogen-bond donors (Lipinski definition) is 0. The predicted octanol–water partition coefficient (Wildman–Crippen LogP) is 1.70. The zero-order valence-electron chi connectivity index (χ0n) is 15.3. The summed E-state index contributed by atoms with van der Waals surface area (Å²) in [6, 6.07) is 14.2. The van der Waals surface area contributed by atoms with Crippen LogP contribution in [-0.2, 0) is 21.2 Å². The molecule has 0 radical (unpaired) electrons. The highest BCUT2D eigenvalue weighted by Crippen LogP contribution is 2.25. The van der Waals surface area contributed by atoms with E-state index >= 15 is 0 Å². The third-order valence-electron chi connectivity index (χ3n) is 4.69. The quantitative estimate of drug-likeness (QED) is 0.629. The van der Waals surface area contributed by atoms with Crippen LogP contribution in [0.25, 0.3) is 11.4 Å². The molecule has 150 valence electrons. The molecule has 0 bridgehead atoms. The number of halogens is 1. The summed E-state index contributed by atoms with van der Waals surface area (Å²) in [6.45, 7) is -0.215. The van der Waals surface area contributed by atoms with Crippen molar-refractivity contribution < 1.29 is 17.6 Å². The van der Waals surface area contributed by atoms with E-state index < -0.39 is 21.7 Å². The number of carbonyl (C=O) groups excluding carboxylic acids is 1. The van der Waals surface area contributed by atoms with Gasteiger partial charge >= 0.3 is 0 Å². The van der Waals surface area contributed by atoms with Gasteiger partial charge in [0.15, 0.2) is 9.84 Å². The minimum atomic E-state index is -3.17. The summed E-state index contributed by atoms with van der Waals surface area (Å²) < 4.78 is 37.3. The second kappa shape index (κ2) is 7.70. The lowest BCUT2D eigenvalue weighted by atomic mass is 10.2. The fraction of sp³-hybridized carbons (Fsp3) is 0.263. The van der Waals surface area contributed by atoms with Gasteiger partial charge in [-0.05, 0) is 35.9 Å². The van der Waals surface area contributed by atoms with E-state index in [1.807, 2.05) is 6.07 Å². The molecule has 1 aliphatic rings. The number of hydrogen-bond acceptors (Lipinski definition) is 6. The van der Waals surface area contributed by atoms with Crippen molar-refractivity contribution in [1.82, 2.24) is 20.2 Å². The van der Waals surface area contributed by atoms with Crippen LogP contribution in [0.15, 0.2) is 54.6 Å². The molecule has 8 nitrogen and oxygen atoms in total. The van der Waals surface area contributed by atoms with Crippen LogP contribution in [0, 0.1) is 5.82 Å². The maximum Gasteiger partial charge on any atom is 0.250 e. The van der Waals surface area contributed by atoms with Crippen molar-refractivity contribution in [3.05, 3.63) is 60.4 Å². The lowest BCUT2D eigenvalue weighted by Crippen LogP contribution is -2.43. The van der Waals surface area contributed by atoms with Gasteiger partial charge in [-0.15, -0.1) is 10.2 Å². The monoisotopic (exact) mass is 415 g/mol. The molecule has 1 fully saturated rings. The number of benzene rings is 2. The molecule has 1 aromatic heterocycles. The minimum Gasteiger partial charge on any atom is -0.307 e. The zero-order valence-corrected chi connectivity index (χ0v) is 16.2. The third-order valence-corrected chi connectivity index (χ3v) is 6.44. The largest absolute Gasteiger partial charge is 0.307 e. The summed E-state index contributed by atoms with van der Waals surface area (Å²) in [6.07, 6.45) is 0.377. The average Bonchev–Trinajstić information content (AvgIpc) is 3.29. The Kier molecular flexibility index (Phi) is 5.10. The normalized spacial score (nSPS) is 17.9. The zero-order chi connectivity index (χ0) is 20.4. The Morgan fingerprint density at radius 3 is 2.66 bits per heavy atom. The van der Waals surface area contributed by atoms with Gasteiger partial charge in [-0.3, -0.25) is 4.79 Å². The van der Waals surface area contributed by atoms with Gasteiger partial charge in [0.1, 0.15) is 12.4 Å². The van der Waals surface area contributed by atoms with Crippen LogP contribution in [0.2, 0.25) is 0 Å². The van der Waals surface area contributed by atoms with Gasteiger partial charge in [0.2, 0.25) is 5.82 Å². The van der Waals surface area contributed by atoms with E-state index in [4.69, 9.17) is 0 Å². The molecule has 0 aliphatic carbocycles. The fourth-order valence-corrected chi connectivity index (χ4v) is 5.08. The molecule has 1 atom stereocenters. The molecule has 0 saturated carbocycles. The summed E-state index contributed by atoms with van der Waals surface area (Å²) in [7, 11) is -3.17. The van der Waals surface area contributed by atoms with Gasteiger partial charge in [-0.2, -0.15) is 4.80 Å². The molecule has 0 spiro atoms. The molecule has 0 N–H and O–H groups in total. The summed E-state index contributed by atoms with van der Waals surface area (Å²) in [5, 5.41) is 11.9. The summed E-state index contributed by atoms with van der Waals surface area (Å²) in [5.74, 6) is -0.590. The van der Waals surface area contributed by atoms with Gasteiger partial charge < -0.3 is 4.90 Å². The van der Waals surface area contributed by atoms with Crippen LogP contribution in [-0.4, -0.2) is 52.1 Å². The highest BCUT2D eigenvalue weighted by Gasteiger charge is 2.35. The van der Waals surface area contributed by atoms with Crippen LogP contribution in [0.1, 0.15) is 6.42 Å². The lowest BCUT2D eigenvalue weighted by Gasteiger charge is -2.28. The maximum absolute atomic E-state index is 13.4. The van der Waals surface area contributed by atoms with Crippen molar-refractivity contribution >= 4 is 21.4 Å². The molecule has 1 saturated heterocycles. The first kappa shape index (κ1) is 19.2. The molecule has 10 heteroatoms. The van der Waals surface area contributed by atoms with Crippen LogP contribution >= 0.6 is 0 Å². The first-order valence-corrected chi connectivity index (χ1v) is 10.8. The van der Waals surface area contributed by atoms with Gasteiger partial charge in [0, 0.05) is 11.3 Å². The summed E-state index contributed by atoms with van der Waals surface area (Å²) in [5.41, 5.74) is 1.07. The average molecular weight is 415 g/mol. The Balaban J connectivity index is 1.57. The maximum atomic E-state index is 13.4. The Labute approximate surface area is 166 Å². The number of anilines is 1. The van der Waals surface area contributed by atoms with Gasteiger partial charge in [-0.25, -0.2) is 12.8 Å². The highest BCUT2D eigenvalue weighted by molar-refractivity contribution is 7.91. The SMILES string of the molecule is O=C(Cn1nnc(-c2cccc(F)c2)n1)N(c1ccccc1)[C@@H]1CCS(=O)(=O)C1. The molecule has 29 heavy (non-hydrogen) atoms. The van der Waals surface area contributed by atoms with Crippen LogP contribution in [0.4, 0.5) is 10.1 Å². The van der Waals surface area contributed by atoms with Crippen LogP contribution < -0.4 is 4.90 Å². The number of carbonyl (C=O) groups is 1. The smallest absolute Gasteiger partial charge is 0.250 e. The van der Waals surface area contributed by atoms with Gasteiger partial charge in [0.05, 0.1) is 17.5 Å². The lowest BCUT2D eigenvalue weighted by molar-refractivity contribution is -0.120. The third kappa shape index (κ3) is 4.32. The van der Waals surface area contributed by atoms with E-state index in [9.17, 15) is 17.6 Å². The molecular weight excluding hydrogens is 397 g/mol. The predicted molar refractivity (Wildman–Crippen MR) is 104 cm³/mol. The number of aromatic nitrogens is 4. The van der Waals surface area contributed by atoms with Crippen molar-refractivity contribution in [3.8, 4) is 11.4 Å². The molecule has 4 rings (SSSR count). The number of nitrogens with zero attached hydrogens (tertiary/aromatic N) is 5. The minimum absolute atomic E-state index is 0.0551. The molecule has 1 aliphatic heterocycles. The Morgan fingerprint density at radius 1 is 1.17 bits per heavy atom.